The first-order valence-corrected chi connectivity index (χ1v) is 12.2. The van der Waals surface area contributed by atoms with Crippen molar-refractivity contribution < 1.29 is 14.3 Å². The van der Waals surface area contributed by atoms with Crippen molar-refractivity contribution in [2.24, 2.45) is 0 Å². The predicted octanol–water partition coefficient (Wildman–Crippen LogP) is 5.47. The van der Waals surface area contributed by atoms with Gasteiger partial charge in [-0.15, -0.1) is 0 Å². The molecule has 0 radical (unpaired) electrons. The number of pyridine rings is 1. The molecule has 1 aliphatic heterocycles. The van der Waals surface area contributed by atoms with E-state index in [2.05, 4.69) is 34.1 Å². The number of unbranched alkanes of at least 4 members (excludes halogenated alkanes) is 1. The summed E-state index contributed by atoms with van der Waals surface area (Å²) in [5.41, 5.74) is 5.47. The van der Waals surface area contributed by atoms with E-state index < -0.39 is 0 Å². The predicted molar refractivity (Wildman–Crippen MR) is 131 cm³/mol. The number of carbonyl (C=O) groups excluding carboxylic acids is 1. The van der Waals surface area contributed by atoms with E-state index in [9.17, 15) is 4.79 Å². The topological polar surface area (TPSA) is 67.5 Å². The molecule has 2 aromatic heterocycles. The van der Waals surface area contributed by atoms with Gasteiger partial charge in [-0.05, 0) is 86.5 Å². The number of carbonyl (C=O) groups is 1. The summed E-state index contributed by atoms with van der Waals surface area (Å²) in [6, 6.07) is 8.01. The van der Waals surface area contributed by atoms with Crippen LogP contribution in [0.5, 0.6) is 5.75 Å². The van der Waals surface area contributed by atoms with Crippen LogP contribution in [0.15, 0.2) is 36.7 Å². The molecule has 1 fully saturated rings. The van der Waals surface area contributed by atoms with Gasteiger partial charge in [-0.2, -0.15) is 0 Å². The first-order chi connectivity index (χ1) is 16.1. The fraction of sp³-hybridized carbons (Fsp3) is 0.481. The Morgan fingerprint density at radius 3 is 2.76 bits per heavy atom. The van der Waals surface area contributed by atoms with E-state index >= 15 is 0 Å². The van der Waals surface area contributed by atoms with Gasteiger partial charge in [0.05, 0.1) is 13.7 Å². The third-order valence-electron chi connectivity index (χ3n) is 6.68. The number of methoxy groups -OCH3 is 1. The van der Waals surface area contributed by atoms with Crippen LogP contribution in [-0.2, 0) is 17.7 Å². The summed E-state index contributed by atoms with van der Waals surface area (Å²) in [6.45, 7) is 7.29. The lowest BCUT2D eigenvalue weighted by atomic mass is 9.87. The van der Waals surface area contributed by atoms with E-state index in [1.54, 1.807) is 7.11 Å². The summed E-state index contributed by atoms with van der Waals surface area (Å²) < 4.78 is 10.6. The zero-order valence-electron chi connectivity index (χ0n) is 20.0. The number of likely N-dealkylation sites (tertiary alicyclic amines) is 1. The average Bonchev–Trinajstić information content (AvgIpc) is 3.28. The molecular formula is C27H35N3O3. The number of aryl methyl sites for hydroxylation is 1. The maximum absolute atomic E-state index is 12.3. The zero-order valence-corrected chi connectivity index (χ0v) is 20.0. The van der Waals surface area contributed by atoms with Crippen LogP contribution >= 0.6 is 0 Å². The first kappa shape index (κ1) is 23.3. The monoisotopic (exact) mass is 449 g/mol. The molecule has 1 aliphatic rings. The molecule has 1 saturated heterocycles. The molecule has 0 spiro atoms. The summed E-state index contributed by atoms with van der Waals surface area (Å²) >= 11 is 0. The van der Waals surface area contributed by atoms with Crippen molar-refractivity contribution in [2.45, 2.75) is 58.4 Å². The highest BCUT2D eigenvalue weighted by atomic mass is 16.5. The standard InChI is InChI=1S/C27H35N3O3/c1-4-6-7-21-10-13-28-26-25(21)23(17-29-26)20-11-14-30(15-12-20)18-19-8-9-24(32-3)22(16-19)27(31)33-5-2/h8-10,13,16-17,20H,4-7,11-12,14-15,18H2,1-3H3,(H,28,29). The van der Waals surface area contributed by atoms with Crippen molar-refractivity contribution in [1.82, 2.24) is 14.9 Å². The third kappa shape index (κ3) is 5.22. The van der Waals surface area contributed by atoms with E-state index in [4.69, 9.17) is 9.47 Å². The van der Waals surface area contributed by atoms with E-state index in [0.717, 1.165) is 50.1 Å². The summed E-state index contributed by atoms with van der Waals surface area (Å²) in [5.74, 6) is 0.773. The highest BCUT2D eigenvalue weighted by Crippen LogP contribution is 2.35. The molecule has 0 aliphatic carbocycles. The molecule has 6 nitrogen and oxygen atoms in total. The van der Waals surface area contributed by atoms with Gasteiger partial charge in [0.25, 0.3) is 0 Å². The van der Waals surface area contributed by atoms with Crippen LogP contribution in [0, 0.1) is 0 Å². The summed E-state index contributed by atoms with van der Waals surface area (Å²) in [7, 11) is 1.58. The Labute approximate surface area is 196 Å². The molecule has 0 atom stereocenters. The van der Waals surface area contributed by atoms with E-state index in [1.165, 1.54) is 29.4 Å². The molecule has 4 rings (SSSR count). The average molecular weight is 450 g/mol. The maximum Gasteiger partial charge on any atom is 0.341 e. The summed E-state index contributed by atoms with van der Waals surface area (Å²) in [6.07, 6.45) is 9.87. The molecule has 176 valence electrons. The summed E-state index contributed by atoms with van der Waals surface area (Å²) in [5, 5.41) is 1.35. The number of piperidine rings is 1. The molecule has 1 N–H and O–H groups in total. The highest BCUT2D eigenvalue weighted by Gasteiger charge is 2.24. The van der Waals surface area contributed by atoms with Crippen molar-refractivity contribution in [3.63, 3.8) is 0 Å². The number of esters is 1. The minimum Gasteiger partial charge on any atom is -0.496 e. The number of aromatic nitrogens is 2. The number of hydrogen-bond donors (Lipinski definition) is 1. The lowest BCUT2D eigenvalue weighted by Crippen LogP contribution is -2.32. The molecule has 0 unspecified atom stereocenters. The van der Waals surface area contributed by atoms with Crippen molar-refractivity contribution in [1.29, 1.82) is 0 Å². The van der Waals surface area contributed by atoms with Crippen LogP contribution < -0.4 is 4.74 Å². The molecule has 0 bridgehead atoms. The van der Waals surface area contributed by atoms with Crippen molar-refractivity contribution in [3.05, 3.63) is 58.9 Å². The second kappa shape index (κ2) is 10.8. The Morgan fingerprint density at radius 2 is 2.03 bits per heavy atom. The van der Waals surface area contributed by atoms with Crippen LogP contribution in [0.2, 0.25) is 0 Å². The normalized spacial score (nSPS) is 15.1. The number of nitrogens with zero attached hydrogens (tertiary/aromatic N) is 2. The number of benzene rings is 1. The third-order valence-corrected chi connectivity index (χ3v) is 6.68. The van der Waals surface area contributed by atoms with Gasteiger partial charge >= 0.3 is 5.97 Å². The minimum absolute atomic E-state index is 0.332. The molecule has 0 saturated carbocycles. The second-order valence-corrected chi connectivity index (χ2v) is 8.85. The Balaban J connectivity index is 1.44. The van der Waals surface area contributed by atoms with Gasteiger partial charge in [-0.25, -0.2) is 9.78 Å². The van der Waals surface area contributed by atoms with Gasteiger partial charge in [-0.1, -0.05) is 19.4 Å². The first-order valence-electron chi connectivity index (χ1n) is 12.2. The maximum atomic E-state index is 12.3. The Hall–Kier alpha value is -2.86. The SMILES string of the molecule is CCCCc1ccnc2[nH]cc(C3CCN(Cc4ccc(OC)c(C(=O)OCC)c4)CC3)c12. The fourth-order valence-electron chi connectivity index (χ4n) is 4.93. The van der Waals surface area contributed by atoms with Crippen molar-refractivity contribution >= 4 is 17.0 Å². The molecule has 3 aromatic rings. The van der Waals surface area contributed by atoms with Gasteiger partial charge in [0.15, 0.2) is 0 Å². The van der Waals surface area contributed by atoms with Crippen LogP contribution in [0.25, 0.3) is 11.0 Å². The number of rotatable bonds is 9. The van der Waals surface area contributed by atoms with Crippen LogP contribution in [0.1, 0.15) is 72.5 Å². The Kier molecular flexibility index (Phi) is 7.65. The van der Waals surface area contributed by atoms with Gasteiger partial charge in [0, 0.05) is 24.3 Å². The number of hydrogen-bond acceptors (Lipinski definition) is 5. The molecule has 6 heteroatoms. The molecule has 33 heavy (non-hydrogen) atoms. The van der Waals surface area contributed by atoms with Crippen molar-refractivity contribution in [3.8, 4) is 5.75 Å². The number of H-pyrrole nitrogens is 1. The number of fused-ring (bicyclic) bond motifs is 1. The number of nitrogens with one attached hydrogen (secondary N) is 1. The number of ether oxygens (including phenoxy) is 2. The fourth-order valence-corrected chi connectivity index (χ4v) is 4.93. The van der Waals surface area contributed by atoms with Gasteiger partial charge in [0.1, 0.15) is 17.0 Å². The lowest BCUT2D eigenvalue weighted by molar-refractivity contribution is 0.0522. The summed E-state index contributed by atoms with van der Waals surface area (Å²) in [4.78, 5) is 22.8. The van der Waals surface area contributed by atoms with Gasteiger partial charge < -0.3 is 14.5 Å². The quantitative estimate of drug-likeness (QED) is 0.439. The van der Waals surface area contributed by atoms with E-state index in [-0.39, 0.29) is 5.97 Å². The second-order valence-electron chi connectivity index (χ2n) is 8.85. The largest absolute Gasteiger partial charge is 0.496 e. The van der Waals surface area contributed by atoms with E-state index in [1.807, 2.05) is 31.3 Å². The van der Waals surface area contributed by atoms with Crippen molar-refractivity contribution in [2.75, 3.05) is 26.8 Å². The van der Waals surface area contributed by atoms with Gasteiger partial charge in [-0.3, -0.25) is 4.90 Å². The smallest absolute Gasteiger partial charge is 0.341 e. The van der Waals surface area contributed by atoms with E-state index in [0.29, 0.717) is 23.8 Å². The van der Waals surface area contributed by atoms with Gasteiger partial charge in [0.2, 0.25) is 0 Å². The highest BCUT2D eigenvalue weighted by molar-refractivity contribution is 5.92. The Bertz CT molecular complexity index is 1080. The van der Waals surface area contributed by atoms with Crippen LogP contribution in [-0.4, -0.2) is 47.6 Å². The molecule has 0 amide bonds. The minimum atomic E-state index is -0.332. The number of aromatic amines is 1. The van der Waals surface area contributed by atoms with Crippen LogP contribution in [0.4, 0.5) is 0 Å². The molecular weight excluding hydrogens is 414 g/mol. The molecule has 3 heterocycles. The lowest BCUT2D eigenvalue weighted by Gasteiger charge is -2.32. The molecule has 1 aromatic carbocycles. The zero-order chi connectivity index (χ0) is 23.2. The van der Waals surface area contributed by atoms with Crippen LogP contribution in [0.3, 0.4) is 0 Å². The Morgan fingerprint density at radius 1 is 1.21 bits per heavy atom.